The summed E-state index contributed by atoms with van der Waals surface area (Å²) in [6, 6.07) is 0.0199. The number of fused-ring (bicyclic) bond motifs is 2. The van der Waals surface area contributed by atoms with Gasteiger partial charge in [0, 0.05) is 12.6 Å². The molecule has 1 heterocycles. The zero-order valence-electron chi connectivity index (χ0n) is 13.1. The quantitative estimate of drug-likeness (QED) is 0.879. The summed E-state index contributed by atoms with van der Waals surface area (Å²) in [5.41, 5.74) is 7.53. The SMILES string of the molecule is CN(C)CCn1ncc(Cl)c1C(N)CC1CC2CCC1C2. The summed E-state index contributed by atoms with van der Waals surface area (Å²) in [6.07, 6.45) is 8.47. The topological polar surface area (TPSA) is 47.1 Å². The van der Waals surface area contributed by atoms with E-state index in [2.05, 4.69) is 24.1 Å². The van der Waals surface area contributed by atoms with Gasteiger partial charge in [-0.1, -0.05) is 18.0 Å². The minimum atomic E-state index is 0.0199. The minimum Gasteiger partial charge on any atom is -0.323 e. The molecular weight excluding hydrogens is 284 g/mol. The Labute approximate surface area is 132 Å². The van der Waals surface area contributed by atoms with Crippen LogP contribution in [-0.4, -0.2) is 35.3 Å². The number of rotatable bonds is 6. The van der Waals surface area contributed by atoms with Crippen LogP contribution in [-0.2, 0) is 6.54 Å². The first-order valence-corrected chi connectivity index (χ1v) is 8.54. The van der Waals surface area contributed by atoms with Gasteiger partial charge in [0.15, 0.2) is 0 Å². The van der Waals surface area contributed by atoms with Crippen molar-refractivity contribution < 1.29 is 0 Å². The van der Waals surface area contributed by atoms with Crippen molar-refractivity contribution in [2.24, 2.45) is 23.5 Å². The van der Waals surface area contributed by atoms with Crippen molar-refractivity contribution in [1.82, 2.24) is 14.7 Å². The van der Waals surface area contributed by atoms with Crippen LogP contribution in [0.5, 0.6) is 0 Å². The van der Waals surface area contributed by atoms with E-state index in [0.29, 0.717) is 0 Å². The maximum atomic E-state index is 6.50. The van der Waals surface area contributed by atoms with Crippen LogP contribution in [0.15, 0.2) is 6.20 Å². The molecule has 2 aliphatic carbocycles. The molecule has 2 bridgehead atoms. The van der Waals surface area contributed by atoms with Crippen LogP contribution in [0, 0.1) is 17.8 Å². The van der Waals surface area contributed by atoms with Gasteiger partial charge in [0.25, 0.3) is 0 Å². The van der Waals surface area contributed by atoms with Crippen LogP contribution in [0.25, 0.3) is 0 Å². The van der Waals surface area contributed by atoms with Crippen molar-refractivity contribution in [3.05, 3.63) is 16.9 Å². The van der Waals surface area contributed by atoms with Gasteiger partial charge in [0.05, 0.1) is 23.5 Å². The summed E-state index contributed by atoms with van der Waals surface area (Å²) in [5.74, 6) is 2.69. The number of aromatic nitrogens is 2. The summed E-state index contributed by atoms with van der Waals surface area (Å²) < 4.78 is 2.00. The average Bonchev–Trinajstić information content (AvgIpc) is 3.11. The fraction of sp³-hybridized carbons (Fsp3) is 0.812. The molecule has 0 aliphatic heterocycles. The summed E-state index contributed by atoms with van der Waals surface area (Å²) in [5, 5.41) is 5.14. The van der Waals surface area contributed by atoms with Crippen molar-refractivity contribution >= 4 is 11.6 Å². The van der Waals surface area contributed by atoms with Gasteiger partial charge in [0.2, 0.25) is 0 Å². The van der Waals surface area contributed by atoms with Gasteiger partial charge < -0.3 is 10.6 Å². The number of hydrogen-bond donors (Lipinski definition) is 1. The van der Waals surface area contributed by atoms with Crippen molar-refractivity contribution in [3.63, 3.8) is 0 Å². The van der Waals surface area contributed by atoms with Crippen LogP contribution < -0.4 is 5.73 Å². The molecule has 4 atom stereocenters. The molecule has 0 amide bonds. The molecule has 0 aromatic carbocycles. The molecule has 0 radical (unpaired) electrons. The van der Waals surface area contributed by atoms with Gasteiger partial charge in [0.1, 0.15) is 0 Å². The highest BCUT2D eigenvalue weighted by molar-refractivity contribution is 6.31. The molecule has 2 fully saturated rings. The second kappa shape index (κ2) is 6.27. The largest absolute Gasteiger partial charge is 0.323 e. The molecular formula is C16H27ClN4. The van der Waals surface area contributed by atoms with Crippen LogP contribution in [0.3, 0.4) is 0 Å². The third-order valence-electron chi connectivity index (χ3n) is 5.38. The average molecular weight is 311 g/mol. The molecule has 21 heavy (non-hydrogen) atoms. The van der Waals surface area contributed by atoms with Gasteiger partial charge >= 0.3 is 0 Å². The molecule has 0 saturated heterocycles. The number of nitrogens with zero attached hydrogens (tertiary/aromatic N) is 3. The van der Waals surface area contributed by atoms with Crippen LogP contribution in [0.2, 0.25) is 5.02 Å². The third-order valence-corrected chi connectivity index (χ3v) is 5.68. The number of nitrogens with two attached hydrogens (primary N) is 1. The van der Waals surface area contributed by atoms with E-state index in [1.165, 1.54) is 25.7 Å². The molecule has 2 aliphatic rings. The second-order valence-corrected chi connectivity index (χ2v) is 7.59. The van der Waals surface area contributed by atoms with Crippen molar-refractivity contribution in [3.8, 4) is 0 Å². The predicted octanol–water partition coefficient (Wildman–Crippen LogP) is 2.92. The van der Waals surface area contributed by atoms with Crippen LogP contribution >= 0.6 is 11.6 Å². The Balaban J connectivity index is 1.66. The number of hydrogen-bond acceptors (Lipinski definition) is 3. The molecule has 2 N–H and O–H groups in total. The van der Waals surface area contributed by atoms with E-state index in [-0.39, 0.29) is 6.04 Å². The van der Waals surface area contributed by atoms with Gasteiger partial charge in [-0.3, -0.25) is 4.68 Å². The summed E-state index contributed by atoms with van der Waals surface area (Å²) in [4.78, 5) is 2.15. The van der Waals surface area contributed by atoms with Crippen LogP contribution in [0.4, 0.5) is 0 Å². The summed E-state index contributed by atoms with van der Waals surface area (Å²) in [6.45, 7) is 1.80. The number of halogens is 1. The van der Waals surface area contributed by atoms with Crippen LogP contribution in [0.1, 0.15) is 43.8 Å². The summed E-state index contributed by atoms with van der Waals surface area (Å²) >= 11 is 6.34. The Kier molecular flexibility index (Phi) is 4.57. The molecule has 118 valence electrons. The lowest BCUT2D eigenvalue weighted by Crippen LogP contribution is -2.25. The molecule has 5 heteroatoms. The van der Waals surface area contributed by atoms with E-state index >= 15 is 0 Å². The van der Waals surface area contributed by atoms with Gasteiger partial charge in [-0.05, 0) is 57.5 Å². The van der Waals surface area contributed by atoms with E-state index in [0.717, 1.165) is 48.0 Å². The lowest BCUT2D eigenvalue weighted by atomic mass is 9.84. The predicted molar refractivity (Wildman–Crippen MR) is 86.3 cm³/mol. The fourth-order valence-corrected chi connectivity index (χ4v) is 4.60. The van der Waals surface area contributed by atoms with Crippen molar-refractivity contribution in [1.29, 1.82) is 0 Å². The zero-order valence-corrected chi connectivity index (χ0v) is 13.9. The second-order valence-electron chi connectivity index (χ2n) is 7.18. The first-order valence-electron chi connectivity index (χ1n) is 8.16. The molecule has 4 nitrogen and oxygen atoms in total. The lowest BCUT2D eigenvalue weighted by molar-refractivity contribution is 0.289. The van der Waals surface area contributed by atoms with E-state index in [9.17, 15) is 0 Å². The minimum absolute atomic E-state index is 0.0199. The molecule has 3 rings (SSSR count). The molecule has 4 unspecified atom stereocenters. The first-order chi connectivity index (χ1) is 10.0. The zero-order chi connectivity index (χ0) is 15.0. The van der Waals surface area contributed by atoms with E-state index in [4.69, 9.17) is 17.3 Å². The molecule has 1 aromatic heterocycles. The molecule has 0 spiro atoms. The van der Waals surface area contributed by atoms with Crippen molar-refractivity contribution in [2.75, 3.05) is 20.6 Å². The highest BCUT2D eigenvalue weighted by atomic mass is 35.5. The Bertz CT molecular complexity index is 485. The van der Waals surface area contributed by atoms with E-state index in [1.54, 1.807) is 6.20 Å². The molecule has 1 aromatic rings. The smallest absolute Gasteiger partial charge is 0.0834 e. The van der Waals surface area contributed by atoms with Gasteiger partial charge in [-0.2, -0.15) is 5.10 Å². The van der Waals surface area contributed by atoms with Crippen molar-refractivity contribution in [2.45, 2.75) is 44.7 Å². The van der Waals surface area contributed by atoms with E-state index < -0.39 is 0 Å². The Morgan fingerprint density at radius 1 is 1.43 bits per heavy atom. The lowest BCUT2D eigenvalue weighted by Gasteiger charge is -2.25. The molecule has 2 saturated carbocycles. The normalized spacial score (nSPS) is 29.5. The van der Waals surface area contributed by atoms with E-state index in [1.807, 2.05) is 4.68 Å². The standard InChI is InChI=1S/C16H27ClN4/c1-20(2)5-6-21-16(14(17)10-19-21)15(18)9-13-8-11-3-4-12(13)7-11/h10-13,15H,3-9,18H2,1-2H3. The Hall–Kier alpha value is -0.580. The van der Waals surface area contributed by atoms with Gasteiger partial charge in [-0.15, -0.1) is 0 Å². The van der Waals surface area contributed by atoms with Gasteiger partial charge in [-0.25, -0.2) is 0 Å². The summed E-state index contributed by atoms with van der Waals surface area (Å²) in [7, 11) is 4.14. The highest BCUT2D eigenvalue weighted by Crippen LogP contribution is 2.50. The highest BCUT2D eigenvalue weighted by Gasteiger charge is 2.40. The Morgan fingerprint density at radius 3 is 2.86 bits per heavy atom. The Morgan fingerprint density at radius 2 is 2.24 bits per heavy atom. The maximum Gasteiger partial charge on any atom is 0.0834 e. The fourth-order valence-electron chi connectivity index (χ4n) is 4.32. The maximum absolute atomic E-state index is 6.50. The first kappa shape index (κ1) is 15.3. The number of likely N-dealkylation sites (N-methyl/N-ethyl adjacent to an activating group) is 1. The monoisotopic (exact) mass is 310 g/mol. The third kappa shape index (κ3) is 3.27.